The molecule has 0 bridgehead atoms. The van der Waals surface area contributed by atoms with Crippen LogP contribution < -0.4 is 20.3 Å². The molecule has 28 heavy (non-hydrogen) atoms. The van der Waals surface area contributed by atoms with E-state index in [4.69, 9.17) is 21.1 Å². The molecule has 3 rings (SSSR count). The molecule has 0 radical (unpaired) electrons. The zero-order valence-corrected chi connectivity index (χ0v) is 15.5. The van der Waals surface area contributed by atoms with E-state index >= 15 is 0 Å². The molecular weight excluding hydrogens is 380 g/mol. The number of amides is 2. The average molecular weight is 397 g/mol. The first kappa shape index (κ1) is 19.3. The fraction of sp³-hybridized carbons (Fsp3) is 0.0476. The molecule has 6 nitrogen and oxygen atoms in total. The molecule has 2 N–H and O–H groups in total. The van der Waals surface area contributed by atoms with Crippen LogP contribution in [0.3, 0.4) is 0 Å². The van der Waals surface area contributed by atoms with Gasteiger partial charge in [-0.2, -0.15) is 0 Å². The van der Waals surface area contributed by atoms with Gasteiger partial charge in [-0.3, -0.25) is 20.4 Å². The minimum absolute atomic E-state index is 0.291. The number of halogens is 1. The van der Waals surface area contributed by atoms with Crippen molar-refractivity contribution >= 4 is 23.4 Å². The van der Waals surface area contributed by atoms with Gasteiger partial charge in [0.2, 0.25) is 0 Å². The van der Waals surface area contributed by atoms with E-state index in [1.807, 2.05) is 30.3 Å². The number of nitrogens with one attached hydrogen (secondary N) is 2. The van der Waals surface area contributed by atoms with Gasteiger partial charge in [0.05, 0.1) is 5.02 Å². The number of para-hydroxylation sites is 2. The highest BCUT2D eigenvalue weighted by molar-refractivity contribution is 6.32. The summed E-state index contributed by atoms with van der Waals surface area (Å²) in [4.78, 5) is 24.1. The van der Waals surface area contributed by atoms with Gasteiger partial charge >= 0.3 is 0 Å². The second-order valence-electron chi connectivity index (χ2n) is 5.66. The topological polar surface area (TPSA) is 76.7 Å². The third kappa shape index (κ3) is 5.49. The van der Waals surface area contributed by atoms with Crippen molar-refractivity contribution in [2.24, 2.45) is 0 Å². The third-order valence-electron chi connectivity index (χ3n) is 3.59. The van der Waals surface area contributed by atoms with Crippen molar-refractivity contribution in [1.29, 1.82) is 0 Å². The lowest BCUT2D eigenvalue weighted by Crippen LogP contribution is -2.43. The van der Waals surface area contributed by atoms with E-state index in [0.717, 1.165) is 0 Å². The molecule has 0 fully saturated rings. The number of ether oxygens (including phenoxy) is 2. The summed E-state index contributed by atoms with van der Waals surface area (Å²) in [6.07, 6.45) is 0. The molecule has 0 saturated heterocycles. The Morgan fingerprint density at radius 1 is 0.821 bits per heavy atom. The highest BCUT2D eigenvalue weighted by Crippen LogP contribution is 2.23. The Kier molecular flexibility index (Phi) is 6.49. The van der Waals surface area contributed by atoms with Crippen molar-refractivity contribution in [3.8, 4) is 17.2 Å². The normalized spacial score (nSPS) is 10.0. The van der Waals surface area contributed by atoms with Crippen LogP contribution in [0, 0.1) is 0 Å². The molecule has 0 heterocycles. The molecule has 0 spiro atoms. The summed E-state index contributed by atoms with van der Waals surface area (Å²) in [5.41, 5.74) is 4.96. The number of hydrazine groups is 1. The first-order valence-electron chi connectivity index (χ1n) is 8.41. The van der Waals surface area contributed by atoms with Crippen LogP contribution in [0.25, 0.3) is 0 Å². The van der Waals surface area contributed by atoms with Gasteiger partial charge in [0.25, 0.3) is 11.8 Å². The highest BCUT2D eigenvalue weighted by atomic mass is 35.5. The van der Waals surface area contributed by atoms with Gasteiger partial charge in [-0.15, -0.1) is 0 Å². The Bertz CT molecular complexity index is 963. The quantitative estimate of drug-likeness (QED) is 0.618. The Labute approximate surface area is 167 Å². The van der Waals surface area contributed by atoms with Crippen LogP contribution in [-0.4, -0.2) is 18.4 Å². The van der Waals surface area contributed by atoms with E-state index in [2.05, 4.69) is 10.9 Å². The van der Waals surface area contributed by atoms with Crippen molar-refractivity contribution in [2.45, 2.75) is 0 Å². The Morgan fingerprint density at radius 2 is 1.54 bits per heavy atom. The zero-order chi connectivity index (χ0) is 19.8. The summed E-state index contributed by atoms with van der Waals surface area (Å²) in [5.74, 6) is 0.545. The van der Waals surface area contributed by atoms with E-state index in [-0.39, 0.29) is 6.61 Å². The Morgan fingerprint density at radius 3 is 2.32 bits per heavy atom. The standard InChI is InChI=1S/C21H17ClN2O4/c22-18-11-4-5-12-19(18)27-14-20(25)23-24-21(26)15-7-6-10-17(13-15)28-16-8-2-1-3-9-16/h1-13H,14H2,(H,23,25)(H,24,26). The van der Waals surface area contributed by atoms with Gasteiger partial charge in [0, 0.05) is 5.56 Å². The predicted octanol–water partition coefficient (Wildman–Crippen LogP) is 3.97. The van der Waals surface area contributed by atoms with Gasteiger partial charge in [-0.05, 0) is 42.5 Å². The van der Waals surface area contributed by atoms with Crippen molar-refractivity contribution in [1.82, 2.24) is 10.9 Å². The lowest BCUT2D eigenvalue weighted by atomic mass is 10.2. The fourth-order valence-electron chi connectivity index (χ4n) is 2.27. The summed E-state index contributed by atoms with van der Waals surface area (Å²) in [6.45, 7) is -0.291. The van der Waals surface area contributed by atoms with Crippen LogP contribution in [0.15, 0.2) is 78.9 Å². The Balaban J connectivity index is 1.51. The van der Waals surface area contributed by atoms with E-state index < -0.39 is 11.8 Å². The number of carbonyl (C=O) groups is 2. The van der Waals surface area contributed by atoms with E-state index in [1.165, 1.54) is 0 Å². The zero-order valence-electron chi connectivity index (χ0n) is 14.7. The molecular formula is C21H17ClN2O4. The molecule has 7 heteroatoms. The van der Waals surface area contributed by atoms with Crippen molar-refractivity contribution in [3.63, 3.8) is 0 Å². The largest absolute Gasteiger partial charge is 0.482 e. The van der Waals surface area contributed by atoms with Crippen LogP contribution >= 0.6 is 11.6 Å². The van der Waals surface area contributed by atoms with Crippen molar-refractivity contribution in [3.05, 3.63) is 89.4 Å². The Hall–Kier alpha value is -3.51. The number of benzene rings is 3. The molecule has 0 aliphatic carbocycles. The number of hydrogen-bond donors (Lipinski definition) is 2. The second-order valence-corrected chi connectivity index (χ2v) is 6.07. The summed E-state index contributed by atoms with van der Waals surface area (Å²) in [5, 5.41) is 0.398. The molecule has 3 aromatic rings. The molecule has 0 saturated carbocycles. The van der Waals surface area contributed by atoms with E-state index in [9.17, 15) is 9.59 Å². The first-order valence-corrected chi connectivity index (χ1v) is 8.79. The van der Waals surface area contributed by atoms with Crippen LogP contribution in [0.5, 0.6) is 17.2 Å². The minimum atomic E-state index is -0.523. The smallest absolute Gasteiger partial charge is 0.276 e. The molecule has 0 aliphatic rings. The predicted molar refractivity (Wildman–Crippen MR) is 106 cm³/mol. The van der Waals surface area contributed by atoms with Crippen molar-refractivity contribution < 1.29 is 19.1 Å². The summed E-state index contributed by atoms with van der Waals surface area (Å²) >= 11 is 5.95. The number of hydrogen-bond acceptors (Lipinski definition) is 4. The highest BCUT2D eigenvalue weighted by Gasteiger charge is 2.10. The van der Waals surface area contributed by atoms with Gasteiger partial charge < -0.3 is 9.47 Å². The van der Waals surface area contributed by atoms with Crippen LogP contribution in [0.1, 0.15) is 10.4 Å². The summed E-state index contributed by atoms with van der Waals surface area (Å²) < 4.78 is 11.0. The molecule has 142 valence electrons. The average Bonchev–Trinajstić information content (AvgIpc) is 2.72. The van der Waals surface area contributed by atoms with Crippen molar-refractivity contribution in [2.75, 3.05) is 6.61 Å². The number of rotatable bonds is 6. The molecule has 0 atom stereocenters. The van der Waals surface area contributed by atoms with Gasteiger partial charge in [0.15, 0.2) is 6.61 Å². The summed E-state index contributed by atoms with van der Waals surface area (Å²) in [7, 11) is 0. The van der Waals surface area contributed by atoms with Gasteiger partial charge in [0.1, 0.15) is 17.2 Å². The lowest BCUT2D eigenvalue weighted by molar-refractivity contribution is -0.123. The molecule has 0 aromatic heterocycles. The van der Waals surface area contributed by atoms with E-state index in [1.54, 1.807) is 48.5 Å². The molecule has 0 aliphatic heterocycles. The lowest BCUT2D eigenvalue weighted by Gasteiger charge is -2.10. The third-order valence-corrected chi connectivity index (χ3v) is 3.90. The SMILES string of the molecule is O=C(COc1ccccc1Cl)NNC(=O)c1cccc(Oc2ccccc2)c1. The molecule has 2 amide bonds. The first-order chi connectivity index (χ1) is 13.6. The van der Waals surface area contributed by atoms with Gasteiger partial charge in [-0.1, -0.05) is 48.0 Å². The summed E-state index contributed by atoms with van der Waals surface area (Å²) in [6, 6.07) is 22.6. The number of carbonyl (C=O) groups excluding carboxylic acids is 2. The fourth-order valence-corrected chi connectivity index (χ4v) is 2.46. The van der Waals surface area contributed by atoms with Crippen LogP contribution in [-0.2, 0) is 4.79 Å². The van der Waals surface area contributed by atoms with Gasteiger partial charge in [-0.25, -0.2) is 0 Å². The molecule has 3 aromatic carbocycles. The van der Waals surface area contributed by atoms with E-state index in [0.29, 0.717) is 27.8 Å². The maximum absolute atomic E-state index is 12.2. The monoisotopic (exact) mass is 396 g/mol. The van der Waals surface area contributed by atoms with Crippen LogP contribution in [0.4, 0.5) is 0 Å². The second kappa shape index (κ2) is 9.43. The maximum Gasteiger partial charge on any atom is 0.276 e. The maximum atomic E-state index is 12.2. The van der Waals surface area contributed by atoms with Crippen LogP contribution in [0.2, 0.25) is 5.02 Å². The minimum Gasteiger partial charge on any atom is -0.482 e. The molecule has 0 unspecified atom stereocenters.